The van der Waals surface area contributed by atoms with E-state index in [-0.39, 0.29) is 17.3 Å². The Bertz CT molecular complexity index is 1170. The largest absolute Gasteiger partial charge is 0.323 e. The standard InChI is InChI=1S/C21H17Br2N3O3S/c22-17-3-2-16(20(23)13-17)14-25-30(28,29)19-6-4-18(5-7-19)26-21(27)8-1-15-9-11-24-12-10-15/h1-13,25H,14H2,(H,26,27)/b8-1+. The van der Waals surface area contributed by atoms with Crippen molar-refractivity contribution < 1.29 is 13.2 Å². The molecule has 0 aliphatic rings. The number of anilines is 1. The maximum Gasteiger partial charge on any atom is 0.248 e. The van der Waals surface area contributed by atoms with Crippen molar-refractivity contribution in [1.82, 2.24) is 9.71 Å². The Labute approximate surface area is 191 Å². The Morgan fingerprint density at radius 2 is 1.70 bits per heavy atom. The maximum absolute atomic E-state index is 12.5. The Balaban J connectivity index is 1.61. The summed E-state index contributed by atoms with van der Waals surface area (Å²) in [5.74, 6) is -0.319. The number of benzene rings is 2. The van der Waals surface area contributed by atoms with Crippen molar-refractivity contribution in [2.24, 2.45) is 0 Å². The van der Waals surface area contributed by atoms with Gasteiger partial charge in [-0.1, -0.05) is 37.9 Å². The first-order chi connectivity index (χ1) is 14.3. The molecular weight excluding hydrogens is 534 g/mol. The van der Waals surface area contributed by atoms with Crippen molar-refractivity contribution in [3.05, 3.63) is 93.1 Å². The van der Waals surface area contributed by atoms with Gasteiger partial charge in [0.15, 0.2) is 0 Å². The third-order valence-corrected chi connectivity index (χ3v) is 6.68. The molecule has 1 heterocycles. The lowest BCUT2D eigenvalue weighted by molar-refractivity contribution is -0.111. The van der Waals surface area contributed by atoms with Gasteiger partial charge in [-0.2, -0.15) is 0 Å². The fourth-order valence-corrected chi connectivity index (χ4v) is 4.66. The van der Waals surface area contributed by atoms with Gasteiger partial charge in [0.2, 0.25) is 15.9 Å². The molecule has 0 fully saturated rings. The summed E-state index contributed by atoms with van der Waals surface area (Å²) < 4.78 is 29.3. The van der Waals surface area contributed by atoms with E-state index >= 15 is 0 Å². The molecule has 30 heavy (non-hydrogen) atoms. The van der Waals surface area contributed by atoms with Crippen LogP contribution in [0, 0.1) is 0 Å². The van der Waals surface area contributed by atoms with Crippen molar-refractivity contribution in [2.75, 3.05) is 5.32 Å². The van der Waals surface area contributed by atoms with Gasteiger partial charge in [-0.15, -0.1) is 0 Å². The lowest BCUT2D eigenvalue weighted by Gasteiger charge is -2.09. The van der Waals surface area contributed by atoms with Crippen LogP contribution in [0.5, 0.6) is 0 Å². The highest BCUT2D eigenvalue weighted by molar-refractivity contribution is 9.11. The fraction of sp³-hybridized carbons (Fsp3) is 0.0476. The average Bonchev–Trinajstić information content (AvgIpc) is 2.73. The number of pyridine rings is 1. The average molecular weight is 551 g/mol. The first kappa shape index (κ1) is 22.4. The normalized spacial score (nSPS) is 11.5. The number of carbonyl (C=O) groups is 1. The highest BCUT2D eigenvalue weighted by atomic mass is 79.9. The fourth-order valence-electron chi connectivity index (χ4n) is 2.47. The van der Waals surface area contributed by atoms with Gasteiger partial charge in [-0.05, 0) is 65.7 Å². The lowest BCUT2D eigenvalue weighted by Crippen LogP contribution is -2.23. The Morgan fingerprint density at radius 3 is 2.37 bits per heavy atom. The van der Waals surface area contributed by atoms with E-state index in [9.17, 15) is 13.2 Å². The minimum absolute atomic E-state index is 0.112. The zero-order chi connectivity index (χ0) is 21.6. The Morgan fingerprint density at radius 1 is 1.00 bits per heavy atom. The maximum atomic E-state index is 12.5. The van der Waals surface area contributed by atoms with E-state index in [4.69, 9.17) is 0 Å². The number of hydrogen-bond acceptors (Lipinski definition) is 4. The van der Waals surface area contributed by atoms with Crippen LogP contribution in [0.4, 0.5) is 5.69 Å². The minimum atomic E-state index is -3.69. The first-order valence-corrected chi connectivity index (χ1v) is 11.8. The molecule has 1 amide bonds. The number of sulfonamides is 1. The molecule has 0 radical (unpaired) electrons. The van der Waals surface area contributed by atoms with E-state index in [0.717, 1.165) is 20.1 Å². The van der Waals surface area contributed by atoms with E-state index < -0.39 is 10.0 Å². The van der Waals surface area contributed by atoms with Crippen molar-refractivity contribution in [3.8, 4) is 0 Å². The lowest BCUT2D eigenvalue weighted by atomic mass is 10.2. The van der Waals surface area contributed by atoms with Crippen LogP contribution in [0.1, 0.15) is 11.1 Å². The smallest absolute Gasteiger partial charge is 0.248 e. The molecule has 9 heteroatoms. The monoisotopic (exact) mass is 549 g/mol. The summed E-state index contributed by atoms with van der Waals surface area (Å²) in [5.41, 5.74) is 2.16. The molecule has 0 aliphatic carbocycles. The molecule has 0 saturated heterocycles. The zero-order valence-electron chi connectivity index (χ0n) is 15.5. The van der Waals surface area contributed by atoms with Gasteiger partial charge >= 0.3 is 0 Å². The molecule has 0 saturated carbocycles. The van der Waals surface area contributed by atoms with E-state index in [0.29, 0.717) is 5.69 Å². The van der Waals surface area contributed by atoms with Crippen LogP contribution in [0.25, 0.3) is 6.08 Å². The molecule has 0 atom stereocenters. The molecule has 2 aromatic carbocycles. The van der Waals surface area contributed by atoms with E-state index in [1.807, 2.05) is 18.2 Å². The number of halogens is 2. The molecule has 0 bridgehead atoms. The number of nitrogens with one attached hydrogen (secondary N) is 2. The Kier molecular flexibility index (Phi) is 7.54. The van der Waals surface area contributed by atoms with Crippen molar-refractivity contribution in [3.63, 3.8) is 0 Å². The van der Waals surface area contributed by atoms with Gasteiger partial charge in [0.1, 0.15) is 0 Å². The van der Waals surface area contributed by atoms with Crippen molar-refractivity contribution in [1.29, 1.82) is 0 Å². The van der Waals surface area contributed by atoms with Gasteiger partial charge in [0.25, 0.3) is 0 Å². The van der Waals surface area contributed by atoms with Gasteiger partial charge in [0, 0.05) is 39.6 Å². The first-order valence-electron chi connectivity index (χ1n) is 8.76. The molecule has 6 nitrogen and oxygen atoms in total. The summed E-state index contributed by atoms with van der Waals surface area (Å²) in [5, 5.41) is 2.69. The van der Waals surface area contributed by atoms with E-state index in [1.165, 1.54) is 18.2 Å². The summed E-state index contributed by atoms with van der Waals surface area (Å²) in [6.45, 7) is 0.147. The van der Waals surface area contributed by atoms with Gasteiger partial charge in [-0.25, -0.2) is 13.1 Å². The predicted molar refractivity (Wildman–Crippen MR) is 124 cm³/mol. The second kappa shape index (κ2) is 10.1. The van der Waals surface area contributed by atoms with Crippen LogP contribution in [0.3, 0.4) is 0 Å². The van der Waals surface area contributed by atoms with Crippen LogP contribution in [0.2, 0.25) is 0 Å². The molecule has 3 rings (SSSR count). The molecule has 2 N–H and O–H groups in total. The number of aromatic nitrogens is 1. The summed E-state index contributed by atoms with van der Waals surface area (Å²) >= 11 is 6.78. The minimum Gasteiger partial charge on any atom is -0.323 e. The number of hydrogen-bond donors (Lipinski definition) is 2. The second-order valence-corrected chi connectivity index (χ2v) is 9.72. The van der Waals surface area contributed by atoms with E-state index in [1.54, 1.807) is 42.7 Å². The third-order valence-electron chi connectivity index (χ3n) is 4.03. The second-order valence-electron chi connectivity index (χ2n) is 6.19. The number of carbonyl (C=O) groups excluding carboxylic acids is 1. The molecular formula is C21H17Br2N3O3S. The SMILES string of the molecule is O=C(/C=C/c1ccncc1)Nc1ccc(S(=O)(=O)NCc2ccc(Br)cc2Br)cc1. The molecule has 0 aliphatic heterocycles. The van der Waals surface area contributed by atoms with Crippen molar-refractivity contribution >= 4 is 59.6 Å². The van der Waals surface area contributed by atoms with Gasteiger partial charge in [0.05, 0.1) is 4.90 Å². The summed E-state index contributed by atoms with van der Waals surface area (Å²) in [7, 11) is -3.69. The molecule has 0 unspecified atom stereocenters. The highest BCUT2D eigenvalue weighted by Crippen LogP contribution is 2.22. The van der Waals surface area contributed by atoms with Crippen LogP contribution < -0.4 is 10.0 Å². The van der Waals surface area contributed by atoms with Crippen LogP contribution >= 0.6 is 31.9 Å². The van der Waals surface area contributed by atoms with Crippen molar-refractivity contribution in [2.45, 2.75) is 11.4 Å². The summed E-state index contributed by atoms with van der Waals surface area (Å²) in [6, 6.07) is 15.1. The summed E-state index contributed by atoms with van der Waals surface area (Å²) in [4.78, 5) is 16.1. The van der Waals surface area contributed by atoms with Gasteiger partial charge in [-0.3, -0.25) is 9.78 Å². The van der Waals surface area contributed by atoms with Crippen LogP contribution in [-0.4, -0.2) is 19.3 Å². The number of amides is 1. The molecule has 0 spiro atoms. The topological polar surface area (TPSA) is 88.2 Å². The predicted octanol–water partition coefficient (Wildman–Crippen LogP) is 4.74. The van der Waals surface area contributed by atoms with Gasteiger partial charge < -0.3 is 5.32 Å². The number of nitrogens with zero attached hydrogens (tertiary/aromatic N) is 1. The zero-order valence-corrected chi connectivity index (χ0v) is 19.5. The van der Waals surface area contributed by atoms with Crippen LogP contribution in [-0.2, 0) is 21.4 Å². The van der Waals surface area contributed by atoms with Crippen LogP contribution in [0.15, 0.2) is 86.9 Å². The third kappa shape index (κ3) is 6.33. The summed E-state index contributed by atoms with van der Waals surface area (Å²) in [6.07, 6.45) is 6.35. The molecule has 1 aromatic heterocycles. The number of rotatable bonds is 7. The quantitative estimate of drug-likeness (QED) is 0.416. The highest BCUT2D eigenvalue weighted by Gasteiger charge is 2.14. The van der Waals surface area contributed by atoms with E-state index in [2.05, 4.69) is 46.9 Å². The molecule has 3 aromatic rings. The molecule has 154 valence electrons. The Hall–Kier alpha value is -2.33.